The predicted octanol–water partition coefficient (Wildman–Crippen LogP) is 7.40. The van der Waals surface area contributed by atoms with E-state index in [0.717, 1.165) is 16.8 Å². The molecule has 2 nitrogen and oxygen atoms in total. The molecule has 0 fully saturated rings. The molecular weight excluding hydrogens is 328 g/mol. The molecule has 2 heteroatoms. The van der Waals surface area contributed by atoms with Gasteiger partial charge in [0.2, 0.25) is 0 Å². The first-order chi connectivity index (χ1) is 13.4. The summed E-state index contributed by atoms with van der Waals surface area (Å²) in [5.41, 5.74) is 7.85. The molecule has 4 rings (SSSR count). The molecule has 0 bridgehead atoms. The van der Waals surface area contributed by atoms with E-state index in [-0.39, 0.29) is 0 Å². The summed E-state index contributed by atoms with van der Waals surface area (Å²) in [5.74, 6) is 0. The quantitative estimate of drug-likeness (QED) is 0.343. The van der Waals surface area contributed by atoms with E-state index in [1.54, 1.807) is 7.05 Å². The first-order valence-corrected chi connectivity index (χ1v) is 9.01. The van der Waals surface area contributed by atoms with Crippen LogP contribution >= 0.6 is 0 Å². The smallest absolute Gasteiger partial charge is 0.0937 e. The average molecular weight is 348 g/mol. The van der Waals surface area contributed by atoms with E-state index in [9.17, 15) is 0 Å². The van der Waals surface area contributed by atoms with Gasteiger partial charge in [-0.15, -0.1) is 0 Å². The lowest BCUT2D eigenvalue weighted by Crippen LogP contribution is -1.91. The van der Waals surface area contributed by atoms with Crippen molar-refractivity contribution in [1.29, 1.82) is 0 Å². The van der Waals surface area contributed by atoms with Gasteiger partial charge < -0.3 is 0 Å². The van der Waals surface area contributed by atoms with Crippen molar-refractivity contribution < 1.29 is 0 Å². The lowest BCUT2D eigenvalue weighted by atomic mass is 9.86. The topological polar surface area (TPSA) is 24.7 Å². The van der Waals surface area contributed by atoms with Crippen LogP contribution in [0.1, 0.15) is 0 Å². The number of nitrogens with zero attached hydrogens (tertiary/aromatic N) is 2. The van der Waals surface area contributed by atoms with Crippen LogP contribution in [-0.2, 0) is 0 Å². The summed E-state index contributed by atoms with van der Waals surface area (Å²) in [5, 5.41) is 8.48. The molecule has 0 saturated carbocycles. The lowest BCUT2D eigenvalue weighted by Gasteiger charge is -2.18. The molecule has 27 heavy (non-hydrogen) atoms. The normalized spacial score (nSPS) is 11.0. The van der Waals surface area contributed by atoms with Crippen LogP contribution in [0.15, 0.2) is 113 Å². The number of rotatable bonds is 4. The van der Waals surface area contributed by atoms with E-state index in [4.69, 9.17) is 0 Å². The van der Waals surface area contributed by atoms with Crippen LogP contribution in [0.2, 0.25) is 0 Å². The summed E-state index contributed by atoms with van der Waals surface area (Å²) in [6.07, 6.45) is 0. The van der Waals surface area contributed by atoms with Gasteiger partial charge in [-0.2, -0.15) is 10.2 Å². The fourth-order valence-corrected chi connectivity index (χ4v) is 3.44. The van der Waals surface area contributed by atoms with Crippen LogP contribution in [-0.4, -0.2) is 7.05 Å². The third kappa shape index (κ3) is 3.42. The Hall–Kier alpha value is -3.52. The number of benzene rings is 4. The zero-order valence-corrected chi connectivity index (χ0v) is 15.2. The first-order valence-electron chi connectivity index (χ1n) is 9.01. The molecule has 130 valence electrons. The second-order valence-corrected chi connectivity index (χ2v) is 6.28. The third-order valence-corrected chi connectivity index (χ3v) is 4.60. The summed E-state index contributed by atoms with van der Waals surface area (Å²) < 4.78 is 0. The highest BCUT2D eigenvalue weighted by Gasteiger charge is 2.17. The Kier molecular flexibility index (Phi) is 4.88. The van der Waals surface area contributed by atoms with E-state index >= 15 is 0 Å². The second-order valence-electron chi connectivity index (χ2n) is 6.28. The highest BCUT2D eigenvalue weighted by molar-refractivity contribution is 5.99. The largest absolute Gasteiger partial charge is 0.192 e. The van der Waals surface area contributed by atoms with Crippen LogP contribution in [0.4, 0.5) is 5.69 Å². The third-order valence-electron chi connectivity index (χ3n) is 4.60. The van der Waals surface area contributed by atoms with Gasteiger partial charge in [-0.05, 0) is 33.9 Å². The fourth-order valence-electron chi connectivity index (χ4n) is 3.44. The predicted molar refractivity (Wildman–Crippen MR) is 113 cm³/mol. The molecular formula is C25H20N2. The summed E-state index contributed by atoms with van der Waals surface area (Å²) in [6.45, 7) is 0. The minimum absolute atomic E-state index is 0.877. The fraction of sp³-hybridized carbons (Fsp3) is 0.0400. The van der Waals surface area contributed by atoms with Crippen molar-refractivity contribution in [1.82, 2.24) is 0 Å². The minimum atomic E-state index is 0.877. The summed E-state index contributed by atoms with van der Waals surface area (Å²) >= 11 is 0. The highest BCUT2D eigenvalue weighted by Crippen LogP contribution is 2.45. The summed E-state index contributed by atoms with van der Waals surface area (Å²) in [6, 6.07) is 35.6. The molecule has 0 aliphatic rings. The molecule has 0 heterocycles. The van der Waals surface area contributed by atoms with Crippen molar-refractivity contribution in [3.8, 4) is 33.4 Å². The van der Waals surface area contributed by atoms with E-state index in [0.29, 0.717) is 0 Å². The van der Waals surface area contributed by atoms with Gasteiger partial charge in [0.1, 0.15) is 0 Å². The van der Waals surface area contributed by atoms with Gasteiger partial charge in [-0.25, -0.2) is 0 Å². The minimum Gasteiger partial charge on any atom is -0.192 e. The van der Waals surface area contributed by atoms with E-state index < -0.39 is 0 Å². The Labute approximate surface area is 159 Å². The van der Waals surface area contributed by atoms with Crippen molar-refractivity contribution in [3.63, 3.8) is 0 Å². The van der Waals surface area contributed by atoms with Crippen LogP contribution < -0.4 is 0 Å². The Morgan fingerprint density at radius 1 is 0.481 bits per heavy atom. The van der Waals surface area contributed by atoms with Gasteiger partial charge in [0.15, 0.2) is 0 Å². The van der Waals surface area contributed by atoms with Crippen molar-refractivity contribution in [2.45, 2.75) is 0 Å². The maximum atomic E-state index is 4.43. The maximum absolute atomic E-state index is 4.43. The first kappa shape index (κ1) is 16.9. The molecule has 0 amide bonds. The molecule has 0 spiro atoms. The Morgan fingerprint density at radius 3 is 1.48 bits per heavy atom. The molecule has 0 radical (unpaired) electrons. The molecule has 4 aromatic carbocycles. The van der Waals surface area contributed by atoms with Gasteiger partial charge in [0, 0.05) is 12.6 Å². The van der Waals surface area contributed by atoms with Gasteiger partial charge in [-0.3, -0.25) is 0 Å². The number of hydrogen-bond donors (Lipinski definition) is 0. The number of azo groups is 1. The molecule has 0 unspecified atom stereocenters. The standard InChI is InChI=1S/C25H20N2/c1-26-27-23-18-17-22(19-11-5-2-6-12-19)24(20-13-7-3-8-14-20)25(23)21-15-9-4-10-16-21/h2-18H,1H3. The monoisotopic (exact) mass is 348 g/mol. The van der Waals surface area contributed by atoms with Gasteiger partial charge in [-0.1, -0.05) is 97.1 Å². The average Bonchev–Trinajstić information content (AvgIpc) is 2.75. The second kappa shape index (κ2) is 7.79. The van der Waals surface area contributed by atoms with Crippen molar-refractivity contribution in [2.75, 3.05) is 7.05 Å². The van der Waals surface area contributed by atoms with E-state index in [1.165, 1.54) is 22.3 Å². The SMILES string of the molecule is CN=Nc1ccc(-c2ccccc2)c(-c2ccccc2)c1-c1ccccc1. The van der Waals surface area contributed by atoms with Crippen molar-refractivity contribution >= 4 is 5.69 Å². The molecule has 0 aromatic heterocycles. The molecule has 0 atom stereocenters. The van der Waals surface area contributed by atoms with Crippen molar-refractivity contribution in [3.05, 3.63) is 103 Å². The molecule has 4 aromatic rings. The van der Waals surface area contributed by atoms with Crippen molar-refractivity contribution in [2.24, 2.45) is 10.2 Å². The molecule has 0 aliphatic heterocycles. The summed E-state index contributed by atoms with van der Waals surface area (Å²) in [7, 11) is 1.71. The van der Waals surface area contributed by atoms with E-state index in [1.807, 2.05) is 18.2 Å². The zero-order valence-electron chi connectivity index (χ0n) is 15.2. The molecule has 0 aliphatic carbocycles. The Morgan fingerprint density at radius 2 is 0.963 bits per heavy atom. The van der Waals surface area contributed by atoms with Crippen LogP contribution in [0.5, 0.6) is 0 Å². The van der Waals surface area contributed by atoms with Crippen LogP contribution in [0.3, 0.4) is 0 Å². The Balaban J connectivity index is 2.11. The van der Waals surface area contributed by atoms with Gasteiger partial charge in [0.05, 0.1) is 5.69 Å². The van der Waals surface area contributed by atoms with Crippen LogP contribution in [0, 0.1) is 0 Å². The lowest BCUT2D eigenvalue weighted by molar-refractivity contribution is 1.17. The van der Waals surface area contributed by atoms with E-state index in [2.05, 4.69) is 95.2 Å². The van der Waals surface area contributed by atoms with Gasteiger partial charge >= 0.3 is 0 Å². The highest BCUT2D eigenvalue weighted by atomic mass is 15.1. The van der Waals surface area contributed by atoms with Crippen LogP contribution in [0.25, 0.3) is 33.4 Å². The number of hydrogen-bond acceptors (Lipinski definition) is 2. The summed E-state index contributed by atoms with van der Waals surface area (Å²) in [4.78, 5) is 0. The Bertz CT molecular complexity index is 1050. The molecule has 0 N–H and O–H groups in total. The molecule has 0 saturated heterocycles. The van der Waals surface area contributed by atoms with Gasteiger partial charge in [0.25, 0.3) is 0 Å². The zero-order chi connectivity index (χ0) is 18.5. The maximum Gasteiger partial charge on any atom is 0.0937 e.